The van der Waals surface area contributed by atoms with E-state index in [-0.39, 0.29) is 11.9 Å². The van der Waals surface area contributed by atoms with Crippen molar-refractivity contribution in [1.82, 2.24) is 5.32 Å². The van der Waals surface area contributed by atoms with Crippen LogP contribution in [-0.2, 0) is 11.2 Å². The zero-order chi connectivity index (χ0) is 14.1. The molecule has 1 amide bonds. The van der Waals surface area contributed by atoms with Gasteiger partial charge in [-0.3, -0.25) is 4.79 Å². The van der Waals surface area contributed by atoms with Gasteiger partial charge in [-0.2, -0.15) is 5.26 Å². The van der Waals surface area contributed by atoms with Gasteiger partial charge in [0.2, 0.25) is 5.91 Å². The van der Waals surface area contributed by atoms with E-state index in [0.717, 1.165) is 17.3 Å². The van der Waals surface area contributed by atoms with Crippen LogP contribution in [0.1, 0.15) is 18.9 Å². The Hall–Kier alpha value is -0.990. The van der Waals surface area contributed by atoms with Crippen LogP contribution >= 0.6 is 27.7 Å². The molecular weight excluding hydrogens is 324 g/mol. The molecule has 0 aliphatic carbocycles. The van der Waals surface area contributed by atoms with Gasteiger partial charge >= 0.3 is 0 Å². The van der Waals surface area contributed by atoms with Crippen LogP contribution in [0.15, 0.2) is 28.7 Å². The number of aryl methyl sites for hydroxylation is 1. The lowest BCUT2D eigenvalue weighted by molar-refractivity contribution is -0.119. The highest BCUT2D eigenvalue weighted by molar-refractivity contribution is 9.10. The van der Waals surface area contributed by atoms with Gasteiger partial charge in [-0.1, -0.05) is 28.1 Å². The van der Waals surface area contributed by atoms with E-state index < -0.39 is 0 Å². The Labute approximate surface area is 126 Å². The molecule has 1 atom stereocenters. The molecule has 0 heterocycles. The summed E-state index contributed by atoms with van der Waals surface area (Å²) >= 11 is 4.75. The Morgan fingerprint density at radius 1 is 1.47 bits per heavy atom. The molecule has 3 nitrogen and oxygen atoms in total. The van der Waals surface area contributed by atoms with Crippen LogP contribution in [0.5, 0.6) is 0 Å². The first-order valence-electron chi connectivity index (χ1n) is 6.10. The molecule has 0 saturated heterocycles. The average Bonchev–Trinajstić information content (AvgIpc) is 2.38. The van der Waals surface area contributed by atoms with Crippen LogP contribution < -0.4 is 5.32 Å². The van der Waals surface area contributed by atoms with Crippen molar-refractivity contribution in [3.8, 4) is 6.07 Å². The predicted octanol–water partition coefficient (Wildman–Crippen LogP) is 3.14. The fourth-order valence-electron chi connectivity index (χ4n) is 1.61. The number of nitriles is 1. The number of hydrogen-bond acceptors (Lipinski definition) is 3. The Balaban J connectivity index is 2.24. The van der Waals surface area contributed by atoms with Crippen molar-refractivity contribution in [1.29, 1.82) is 5.26 Å². The predicted molar refractivity (Wildman–Crippen MR) is 83.0 cm³/mol. The monoisotopic (exact) mass is 340 g/mol. The molecule has 1 aromatic carbocycles. The Bertz CT molecular complexity index is 442. The maximum atomic E-state index is 11.5. The van der Waals surface area contributed by atoms with E-state index in [1.165, 1.54) is 17.3 Å². The number of nitrogens with zero attached hydrogens (tertiary/aromatic N) is 1. The number of carbonyl (C=O) groups excluding carboxylic acids is 1. The van der Waals surface area contributed by atoms with E-state index in [2.05, 4.69) is 33.4 Å². The lowest BCUT2D eigenvalue weighted by atomic mass is 10.1. The minimum absolute atomic E-state index is 0.00329. The Kier molecular flexibility index (Phi) is 7.61. The number of benzene rings is 1. The molecule has 0 radical (unpaired) electrons. The molecule has 102 valence electrons. The van der Waals surface area contributed by atoms with Crippen LogP contribution in [-0.4, -0.2) is 23.5 Å². The normalized spacial score (nSPS) is 11.6. The summed E-state index contributed by atoms with van der Waals surface area (Å²) in [5, 5.41) is 11.3. The van der Waals surface area contributed by atoms with Gasteiger partial charge in [0.1, 0.15) is 0 Å². The summed E-state index contributed by atoms with van der Waals surface area (Å²) in [6, 6.07) is 10.4. The largest absolute Gasteiger partial charge is 0.353 e. The van der Waals surface area contributed by atoms with E-state index >= 15 is 0 Å². The minimum atomic E-state index is 0.00329. The lowest BCUT2D eigenvalue weighted by Gasteiger charge is -2.13. The van der Waals surface area contributed by atoms with E-state index in [9.17, 15) is 4.79 Å². The molecule has 1 rings (SSSR count). The van der Waals surface area contributed by atoms with Gasteiger partial charge in [0.05, 0.1) is 17.6 Å². The standard InChI is InChI=1S/C14H17BrN2OS/c1-11(17-14(18)10-19-9-8-16)2-3-12-4-6-13(15)7-5-12/h4-7,11H,2-3,9-10H2,1H3,(H,17,18). The summed E-state index contributed by atoms with van der Waals surface area (Å²) < 4.78 is 1.08. The topological polar surface area (TPSA) is 52.9 Å². The van der Waals surface area contributed by atoms with Crippen molar-refractivity contribution in [2.75, 3.05) is 11.5 Å². The van der Waals surface area contributed by atoms with E-state index in [1.807, 2.05) is 25.1 Å². The summed E-state index contributed by atoms with van der Waals surface area (Å²) in [6.07, 6.45) is 1.86. The van der Waals surface area contributed by atoms with Crippen molar-refractivity contribution >= 4 is 33.6 Å². The molecule has 0 fully saturated rings. The Morgan fingerprint density at radius 3 is 2.79 bits per heavy atom. The zero-order valence-corrected chi connectivity index (χ0v) is 13.3. The molecule has 0 aliphatic rings. The summed E-state index contributed by atoms with van der Waals surface area (Å²) in [5.41, 5.74) is 1.27. The molecule has 5 heteroatoms. The molecule has 0 aliphatic heterocycles. The Morgan fingerprint density at radius 2 is 2.16 bits per heavy atom. The van der Waals surface area contributed by atoms with Crippen LogP contribution in [0.4, 0.5) is 0 Å². The molecular formula is C14H17BrN2OS. The van der Waals surface area contributed by atoms with Crippen LogP contribution in [0.2, 0.25) is 0 Å². The highest BCUT2D eigenvalue weighted by Crippen LogP contribution is 2.12. The van der Waals surface area contributed by atoms with Crippen LogP contribution in [0, 0.1) is 11.3 Å². The van der Waals surface area contributed by atoms with Gasteiger partial charge in [0, 0.05) is 10.5 Å². The number of amides is 1. The summed E-state index contributed by atoms with van der Waals surface area (Å²) in [5.74, 6) is 0.722. The second kappa shape index (κ2) is 9.00. The van der Waals surface area contributed by atoms with Crippen molar-refractivity contribution in [2.24, 2.45) is 0 Å². The van der Waals surface area contributed by atoms with E-state index in [0.29, 0.717) is 11.5 Å². The molecule has 1 unspecified atom stereocenters. The number of hydrogen-bond donors (Lipinski definition) is 1. The summed E-state index contributed by atoms with van der Waals surface area (Å²) in [7, 11) is 0. The highest BCUT2D eigenvalue weighted by atomic mass is 79.9. The van der Waals surface area contributed by atoms with Crippen molar-refractivity contribution < 1.29 is 4.79 Å². The van der Waals surface area contributed by atoms with Gasteiger partial charge in [0.25, 0.3) is 0 Å². The van der Waals surface area contributed by atoms with Gasteiger partial charge in [-0.05, 0) is 37.5 Å². The molecule has 19 heavy (non-hydrogen) atoms. The fourth-order valence-corrected chi connectivity index (χ4v) is 2.34. The van der Waals surface area contributed by atoms with Crippen LogP contribution in [0.3, 0.4) is 0 Å². The second-order valence-corrected chi connectivity index (χ2v) is 6.19. The zero-order valence-electron chi connectivity index (χ0n) is 10.9. The molecule has 1 N–H and O–H groups in total. The van der Waals surface area contributed by atoms with Crippen molar-refractivity contribution in [3.05, 3.63) is 34.3 Å². The molecule has 1 aromatic rings. The van der Waals surface area contributed by atoms with Crippen molar-refractivity contribution in [3.63, 3.8) is 0 Å². The second-order valence-electron chi connectivity index (χ2n) is 4.28. The smallest absolute Gasteiger partial charge is 0.230 e. The van der Waals surface area contributed by atoms with Gasteiger partial charge in [-0.25, -0.2) is 0 Å². The first kappa shape index (κ1) is 16.1. The fraction of sp³-hybridized carbons (Fsp3) is 0.429. The minimum Gasteiger partial charge on any atom is -0.353 e. The number of halogens is 1. The maximum Gasteiger partial charge on any atom is 0.230 e. The number of rotatable bonds is 7. The SMILES string of the molecule is CC(CCc1ccc(Br)cc1)NC(=O)CSCC#N. The molecule has 0 saturated carbocycles. The molecule has 0 spiro atoms. The van der Waals surface area contributed by atoms with E-state index in [4.69, 9.17) is 5.26 Å². The van der Waals surface area contributed by atoms with Gasteiger partial charge in [-0.15, -0.1) is 11.8 Å². The quantitative estimate of drug-likeness (QED) is 0.775. The number of thioether (sulfide) groups is 1. The number of carbonyl (C=O) groups is 1. The third-order valence-electron chi connectivity index (χ3n) is 2.59. The van der Waals surface area contributed by atoms with Crippen molar-refractivity contribution in [2.45, 2.75) is 25.8 Å². The number of nitrogens with one attached hydrogen (secondary N) is 1. The third-order valence-corrected chi connectivity index (χ3v) is 3.91. The maximum absolute atomic E-state index is 11.5. The van der Waals surface area contributed by atoms with Gasteiger partial charge in [0.15, 0.2) is 0 Å². The first-order chi connectivity index (χ1) is 9.11. The van der Waals surface area contributed by atoms with Gasteiger partial charge < -0.3 is 5.32 Å². The third kappa shape index (κ3) is 7.24. The summed E-state index contributed by atoms with van der Waals surface area (Å²) in [6.45, 7) is 2.01. The average molecular weight is 341 g/mol. The van der Waals surface area contributed by atoms with E-state index in [1.54, 1.807) is 0 Å². The highest BCUT2D eigenvalue weighted by Gasteiger charge is 2.07. The summed E-state index contributed by atoms with van der Waals surface area (Å²) in [4.78, 5) is 11.5. The molecule has 0 bridgehead atoms. The first-order valence-corrected chi connectivity index (χ1v) is 8.05. The van der Waals surface area contributed by atoms with Crippen LogP contribution in [0.25, 0.3) is 0 Å². The lowest BCUT2D eigenvalue weighted by Crippen LogP contribution is -2.34. The molecule has 0 aromatic heterocycles.